The Hall–Kier alpha value is -8.61. The van der Waals surface area contributed by atoms with Crippen LogP contribution in [0.25, 0.3) is 127 Å². The van der Waals surface area contributed by atoms with E-state index in [1.807, 2.05) is 30.3 Å². The van der Waals surface area contributed by atoms with E-state index in [9.17, 15) is 0 Å². The van der Waals surface area contributed by atoms with Crippen LogP contribution in [0.5, 0.6) is 0 Å². The number of fused-ring (bicyclic) bond motifs is 11. The lowest BCUT2D eigenvalue weighted by Gasteiger charge is -2.14. The molecule has 0 unspecified atom stereocenters. The van der Waals surface area contributed by atoms with Crippen molar-refractivity contribution >= 4 is 70.7 Å². The maximum atomic E-state index is 5.34. The monoisotopic (exact) mass is 802 g/mol. The van der Waals surface area contributed by atoms with Crippen molar-refractivity contribution in [1.82, 2.24) is 29.3 Å². The van der Waals surface area contributed by atoms with E-state index in [0.29, 0.717) is 17.5 Å². The largest absolute Gasteiger partial charge is 0.298 e. The number of rotatable bonds is 5. The van der Waals surface area contributed by atoms with Crippen molar-refractivity contribution in [2.45, 2.75) is 0 Å². The van der Waals surface area contributed by atoms with Gasteiger partial charge in [0.25, 0.3) is 0 Å². The van der Waals surface area contributed by atoms with Crippen LogP contribution in [0.3, 0.4) is 0 Å². The summed E-state index contributed by atoms with van der Waals surface area (Å²) in [6.45, 7) is 0. The van der Waals surface area contributed by atoms with Crippen molar-refractivity contribution in [3.05, 3.63) is 206 Å². The molecular weight excluding hydrogens is 769 g/mol. The number of hydrogen-bond donors (Lipinski definition) is 0. The fourth-order valence-electron chi connectivity index (χ4n) is 9.44. The fourth-order valence-corrected chi connectivity index (χ4v) is 9.44. The number of aromatic nitrogens is 6. The second kappa shape index (κ2) is 14.0. The molecule has 0 bridgehead atoms. The summed E-state index contributed by atoms with van der Waals surface area (Å²) in [7, 11) is 0. The van der Waals surface area contributed by atoms with E-state index >= 15 is 0 Å². The number of pyridine rings is 2. The maximum absolute atomic E-state index is 5.34. The predicted molar refractivity (Wildman–Crippen MR) is 259 cm³/mol. The third-order valence-corrected chi connectivity index (χ3v) is 12.4. The molecule has 6 nitrogen and oxygen atoms in total. The predicted octanol–water partition coefficient (Wildman–Crippen LogP) is 14.2. The van der Waals surface area contributed by atoms with Gasteiger partial charge in [-0.25, -0.2) is 24.9 Å². The van der Waals surface area contributed by atoms with Gasteiger partial charge in [0.1, 0.15) is 11.2 Å². The molecular formula is C57H34N6. The molecule has 0 radical (unpaired) electrons. The molecule has 292 valence electrons. The molecule has 0 amide bonds. The van der Waals surface area contributed by atoms with E-state index in [1.54, 1.807) is 0 Å². The molecule has 0 N–H and O–H groups in total. The van der Waals surface area contributed by atoms with Gasteiger partial charge >= 0.3 is 0 Å². The molecule has 0 spiro atoms. The summed E-state index contributed by atoms with van der Waals surface area (Å²) < 4.78 is 2.14. The van der Waals surface area contributed by atoms with E-state index in [0.717, 1.165) is 99.0 Å². The van der Waals surface area contributed by atoms with Crippen LogP contribution in [0.4, 0.5) is 0 Å². The minimum absolute atomic E-state index is 0.611. The Morgan fingerprint density at radius 3 is 1.51 bits per heavy atom. The van der Waals surface area contributed by atoms with Crippen molar-refractivity contribution in [1.29, 1.82) is 0 Å². The molecule has 0 aliphatic carbocycles. The lowest BCUT2D eigenvalue weighted by molar-refractivity contribution is 1.08. The van der Waals surface area contributed by atoms with Crippen molar-refractivity contribution in [2.75, 3.05) is 0 Å². The van der Waals surface area contributed by atoms with Crippen LogP contribution in [0.2, 0.25) is 0 Å². The average Bonchev–Trinajstić information content (AvgIpc) is 3.76. The van der Waals surface area contributed by atoms with Crippen LogP contribution in [0.15, 0.2) is 206 Å². The topological polar surface area (TPSA) is 68.9 Å². The molecule has 0 aliphatic rings. The fraction of sp³-hybridized carbons (Fsp3) is 0. The van der Waals surface area contributed by atoms with Gasteiger partial charge in [0.05, 0.1) is 16.7 Å². The second-order valence-electron chi connectivity index (χ2n) is 16.1. The van der Waals surface area contributed by atoms with Crippen LogP contribution in [0, 0.1) is 0 Å². The third-order valence-electron chi connectivity index (χ3n) is 12.4. The van der Waals surface area contributed by atoms with E-state index in [2.05, 4.69) is 180 Å². The van der Waals surface area contributed by atoms with Crippen LogP contribution in [-0.4, -0.2) is 29.3 Å². The first kappa shape index (κ1) is 35.2. The molecule has 4 heterocycles. The smallest absolute Gasteiger partial charge is 0.164 e. The number of hydrogen-bond acceptors (Lipinski definition) is 5. The Bertz CT molecular complexity index is 3840. The molecule has 63 heavy (non-hydrogen) atoms. The summed E-state index contributed by atoms with van der Waals surface area (Å²) in [4.78, 5) is 26.2. The number of nitrogens with zero attached hydrogens (tertiary/aromatic N) is 6. The van der Waals surface area contributed by atoms with Crippen molar-refractivity contribution in [3.8, 4) is 56.5 Å². The first-order chi connectivity index (χ1) is 31.2. The second-order valence-corrected chi connectivity index (χ2v) is 16.1. The van der Waals surface area contributed by atoms with Gasteiger partial charge in [-0.15, -0.1) is 0 Å². The quantitative estimate of drug-likeness (QED) is 0.162. The Morgan fingerprint density at radius 2 is 0.841 bits per heavy atom. The molecule has 6 heteroatoms. The Labute approximate surface area is 361 Å². The Balaban J connectivity index is 0.973. The zero-order valence-electron chi connectivity index (χ0n) is 33.8. The van der Waals surface area contributed by atoms with Gasteiger partial charge < -0.3 is 0 Å². The van der Waals surface area contributed by atoms with Gasteiger partial charge in [-0.05, 0) is 90.6 Å². The SMILES string of the molecule is c1cc(-c2ccc(-c3nc(-c4cc5ccccc5c5ccccc45)nc(-c4cc5ccccc5c5ccccc45)n3)cc2)cc(-c2nc3ccccc3c3nc4ccccn4c23)c1. The number of benzene rings is 9. The third kappa shape index (κ3) is 5.69. The van der Waals surface area contributed by atoms with Gasteiger partial charge in [0.15, 0.2) is 17.5 Å². The molecule has 4 aromatic heterocycles. The first-order valence-corrected chi connectivity index (χ1v) is 21.2. The standard InChI is InChI=1S/C57H34N6/c1-3-18-41-38(14-1)33-48(45-22-7-5-20-43(41)45)56-60-55(61-57(62-56)49-34-39-15-2-4-19-42(39)44-21-6-8-23-46(44)49)36-29-27-35(28-30-36)37-16-13-17-40(32-37)52-54-53(47-24-9-10-25-50(47)58-52)59-51-26-11-12-31-63(51)54/h1-34H. The minimum Gasteiger partial charge on any atom is -0.298 e. The average molecular weight is 803 g/mol. The van der Waals surface area contributed by atoms with E-state index in [4.69, 9.17) is 24.9 Å². The summed E-state index contributed by atoms with van der Waals surface area (Å²) in [5.74, 6) is 1.88. The molecule has 13 rings (SSSR count). The number of para-hydroxylation sites is 1. The van der Waals surface area contributed by atoms with Gasteiger partial charge in [0, 0.05) is 33.8 Å². The van der Waals surface area contributed by atoms with Gasteiger partial charge in [-0.3, -0.25) is 4.40 Å². The highest BCUT2D eigenvalue weighted by atomic mass is 15.0. The van der Waals surface area contributed by atoms with Gasteiger partial charge in [0.2, 0.25) is 0 Å². The Morgan fingerprint density at radius 1 is 0.317 bits per heavy atom. The summed E-state index contributed by atoms with van der Waals surface area (Å²) in [6, 6.07) is 70.1. The highest BCUT2D eigenvalue weighted by Gasteiger charge is 2.20. The zero-order valence-corrected chi connectivity index (χ0v) is 33.8. The van der Waals surface area contributed by atoms with Crippen LogP contribution < -0.4 is 0 Å². The summed E-state index contributed by atoms with van der Waals surface area (Å²) in [6.07, 6.45) is 2.07. The van der Waals surface area contributed by atoms with Crippen molar-refractivity contribution in [3.63, 3.8) is 0 Å². The zero-order chi connectivity index (χ0) is 41.4. The normalized spacial score (nSPS) is 11.8. The summed E-state index contributed by atoms with van der Waals surface area (Å²) in [5.41, 5.74) is 10.7. The summed E-state index contributed by atoms with van der Waals surface area (Å²) >= 11 is 0. The van der Waals surface area contributed by atoms with E-state index in [1.165, 1.54) is 10.8 Å². The van der Waals surface area contributed by atoms with Gasteiger partial charge in [-0.1, -0.05) is 164 Å². The van der Waals surface area contributed by atoms with E-state index < -0.39 is 0 Å². The van der Waals surface area contributed by atoms with E-state index in [-0.39, 0.29) is 0 Å². The summed E-state index contributed by atoms with van der Waals surface area (Å²) in [5, 5.41) is 10.2. The van der Waals surface area contributed by atoms with Crippen LogP contribution in [-0.2, 0) is 0 Å². The molecule has 0 saturated carbocycles. The minimum atomic E-state index is 0.611. The van der Waals surface area contributed by atoms with Gasteiger partial charge in [-0.2, -0.15) is 0 Å². The lowest BCUT2D eigenvalue weighted by Crippen LogP contribution is -2.01. The highest BCUT2D eigenvalue weighted by Crippen LogP contribution is 2.39. The highest BCUT2D eigenvalue weighted by molar-refractivity contribution is 6.15. The first-order valence-electron chi connectivity index (χ1n) is 21.2. The maximum Gasteiger partial charge on any atom is 0.164 e. The molecule has 0 saturated heterocycles. The molecule has 13 aromatic rings. The van der Waals surface area contributed by atoms with Crippen LogP contribution in [0.1, 0.15) is 0 Å². The molecule has 9 aromatic carbocycles. The number of imidazole rings is 1. The Kier molecular flexibility index (Phi) is 7.80. The molecule has 0 aliphatic heterocycles. The van der Waals surface area contributed by atoms with Crippen molar-refractivity contribution in [2.24, 2.45) is 0 Å². The van der Waals surface area contributed by atoms with Crippen LogP contribution >= 0.6 is 0 Å². The lowest BCUT2D eigenvalue weighted by atomic mass is 9.96. The molecule has 0 fully saturated rings. The van der Waals surface area contributed by atoms with Crippen molar-refractivity contribution < 1.29 is 0 Å². The molecule has 0 atom stereocenters.